The molecule has 1 N–H and O–H groups in total. The summed E-state index contributed by atoms with van der Waals surface area (Å²) >= 11 is 1.93. The Kier molecular flexibility index (Phi) is 8.16. The first-order valence-electron chi connectivity index (χ1n) is 7.52. The number of alkyl halides is 3. The molecule has 1 atom stereocenters. The Labute approximate surface area is 161 Å². The van der Waals surface area contributed by atoms with Crippen LogP contribution in [0.4, 0.5) is 13.2 Å². The number of guanidine groups is 1. The molecular formula is C14H23F3IN5S. The Morgan fingerprint density at radius 3 is 2.79 bits per heavy atom. The van der Waals surface area contributed by atoms with E-state index in [4.69, 9.17) is 0 Å². The third kappa shape index (κ3) is 5.43. The highest BCUT2D eigenvalue weighted by Crippen LogP contribution is 2.30. The number of thioether (sulfide) groups is 1. The Bertz CT molecular complexity index is 561. The van der Waals surface area contributed by atoms with Crippen molar-refractivity contribution in [3.63, 3.8) is 0 Å². The van der Waals surface area contributed by atoms with E-state index in [1.54, 1.807) is 7.05 Å². The first-order valence-corrected chi connectivity index (χ1v) is 8.57. The molecule has 1 aliphatic rings. The molecule has 1 fully saturated rings. The van der Waals surface area contributed by atoms with Crippen LogP contribution < -0.4 is 5.32 Å². The smallest absolute Gasteiger partial charge is 0.352 e. The molecule has 5 nitrogen and oxygen atoms in total. The van der Waals surface area contributed by atoms with Crippen molar-refractivity contribution in [3.8, 4) is 0 Å². The molecule has 24 heavy (non-hydrogen) atoms. The Balaban J connectivity index is 0.00000288. The average Bonchev–Trinajstić information content (AvgIpc) is 2.89. The van der Waals surface area contributed by atoms with Gasteiger partial charge in [-0.05, 0) is 6.42 Å². The van der Waals surface area contributed by atoms with Gasteiger partial charge in [-0.2, -0.15) is 30.0 Å². The van der Waals surface area contributed by atoms with Crippen molar-refractivity contribution < 1.29 is 13.2 Å². The lowest BCUT2D eigenvalue weighted by molar-refractivity contribution is -0.142. The van der Waals surface area contributed by atoms with Crippen LogP contribution in [-0.4, -0.2) is 51.8 Å². The van der Waals surface area contributed by atoms with Gasteiger partial charge in [0.1, 0.15) is 0 Å². The van der Waals surface area contributed by atoms with Crippen LogP contribution in [0.15, 0.2) is 11.2 Å². The topological polar surface area (TPSA) is 45.5 Å². The fourth-order valence-corrected chi connectivity index (χ4v) is 3.75. The van der Waals surface area contributed by atoms with Crippen LogP contribution in [-0.2, 0) is 19.8 Å². The lowest BCUT2D eigenvalue weighted by Crippen LogP contribution is -2.47. The van der Waals surface area contributed by atoms with E-state index in [0.717, 1.165) is 25.3 Å². The SMILES string of the molecule is CCC1CN(C(=NC)NCc2cn(C)nc2C(F)(F)F)CCS1.I. The summed E-state index contributed by atoms with van der Waals surface area (Å²) in [6.07, 6.45) is -1.99. The summed E-state index contributed by atoms with van der Waals surface area (Å²) in [6, 6.07) is 0. The van der Waals surface area contributed by atoms with Crippen molar-refractivity contribution in [2.24, 2.45) is 12.0 Å². The van der Waals surface area contributed by atoms with E-state index in [-0.39, 0.29) is 36.1 Å². The summed E-state index contributed by atoms with van der Waals surface area (Å²) in [6.45, 7) is 3.90. The maximum absolute atomic E-state index is 13.0. The standard InChI is InChI=1S/C14H22F3N5S.HI/c1-4-11-9-22(5-6-23-11)13(18-2)19-7-10-8-21(3)20-12(10)14(15,16)17;/h8,11H,4-7,9H2,1-3H3,(H,18,19);1H. The maximum Gasteiger partial charge on any atom is 0.435 e. The molecule has 1 aromatic rings. The number of hydrogen-bond donors (Lipinski definition) is 1. The van der Waals surface area contributed by atoms with Gasteiger partial charge in [0.25, 0.3) is 0 Å². The molecule has 2 rings (SSSR count). The monoisotopic (exact) mass is 477 g/mol. The predicted octanol–water partition coefficient (Wildman–Crippen LogP) is 2.96. The Hall–Kier alpha value is -0.650. The first-order chi connectivity index (χ1) is 10.8. The second-order valence-electron chi connectivity index (χ2n) is 5.42. The van der Waals surface area contributed by atoms with Gasteiger partial charge >= 0.3 is 6.18 Å². The second-order valence-corrected chi connectivity index (χ2v) is 6.83. The molecule has 2 heterocycles. The zero-order valence-electron chi connectivity index (χ0n) is 13.9. The van der Waals surface area contributed by atoms with Crippen LogP contribution in [0.2, 0.25) is 0 Å². The van der Waals surface area contributed by atoms with Crippen LogP contribution in [0.25, 0.3) is 0 Å². The van der Waals surface area contributed by atoms with E-state index in [2.05, 4.69) is 27.2 Å². The van der Waals surface area contributed by atoms with Crippen LogP contribution in [0.1, 0.15) is 24.6 Å². The Morgan fingerprint density at radius 2 is 2.21 bits per heavy atom. The summed E-state index contributed by atoms with van der Waals surface area (Å²) < 4.78 is 40.1. The molecule has 1 saturated heterocycles. The number of aliphatic imine (C=N–C) groups is 1. The first kappa shape index (κ1) is 21.4. The zero-order chi connectivity index (χ0) is 17.0. The highest BCUT2D eigenvalue weighted by atomic mass is 127. The highest BCUT2D eigenvalue weighted by molar-refractivity contribution is 14.0. The van der Waals surface area contributed by atoms with E-state index < -0.39 is 11.9 Å². The second kappa shape index (κ2) is 9.16. The number of hydrogen-bond acceptors (Lipinski definition) is 3. The van der Waals surface area contributed by atoms with Gasteiger partial charge < -0.3 is 10.2 Å². The van der Waals surface area contributed by atoms with E-state index in [0.29, 0.717) is 11.2 Å². The summed E-state index contributed by atoms with van der Waals surface area (Å²) in [7, 11) is 3.14. The lowest BCUT2D eigenvalue weighted by atomic mass is 10.2. The third-order valence-electron chi connectivity index (χ3n) is 3.72. The largest absolute Gasteiger partial charge is 0.435 e. The van der Waals surface area contributed by atoms with Gasteiger partial charge in [0.15, 0.2) is 11.7 Å². The van der Waals surface area contributed by atoms with Crippen LogP contribution >= 0.6 is 35.7 Å². The van der Waals surface area contributed by atoms with Gasteiger partial charge in [-0.25, -0.2) is 0 Å². The molecule has 1 aliphatic heterocycles. The van der Waals surface area contributed by atoms with Gasteiger partial charge in [0.2, 0.25) is 0 Å². The van der Waals surface area contributed by atoms with Gasteiger partial charge in [0, 0.05) is 56.5 Å². The minimum absolute atomic E-state index is 0. The minimum atomic E-state index is -4.45. The molecule has 0 aliphatic carbocycles. The predicted molar refractivity (Wildman–Crippen MR) is 102 cm³/mol. The van der Waals surface area contributed by atoms with Crippen molar-refractivity contribution in [2.45, 2.75) is 31.3 Å². The van der Waals surface area contributed by atoms with Crippen molar-refractivity contribution in [3.05, 3.63) is 17.5 Å². The van der Waals surface area contributed by atoms with E-state index in [9.17, 15) is 13.2 Å². The van der Waals surface area contributed by atoms with Crippen molar-refractivity contribution >= 4 is 41.7 Å². The third-order valence-corrected chi connectivity index (χ3v) is 5.09. The molecule has 0 amide bonds. The van der Waals surface area contributed by atoms with Gasteiger partial charge in [-0.15, -0.1) is 24.0 Å². The number of nitrogens with one attached hydrogen (secondary N) is 1. The summed E-state index contributed by atoms with van der Waals surface area (Å²) in [5.41, 5.74) is -0.719. The number of halogens is 4. The fourth-order valence-electron chi connectivity index (χ4n) is 2.57. The summed E-state index contributed by atoms with van der Waals surface area (Å²) in [5, 5.41) is 7.09. The Morgan fingerprint density at radius 1 is 1.50 bits per heavy atom. The quantitative estimate of drug-likeness (QED) is 0.413. The van der Waals surface area contributed by atoms with Gasteiger partial charge in [-0.3, -0.25) is 9.67 Å². The molecule has 0 spiro atoms. The molecule has 1 aromatic heterocycles. The molecule has 10 heteroatoms. The average molecular weight is 477 g/mol. The number of aromatic nitrogens is 2. The maximum atomic E-state index is 13.0. The number of nitrogens with zero attached hydrogens (tertiary/aromatic N) is 4. The van der Waals surface area contributed by atoms with Gasteiger partial charge in [-0.1, -0.05) is 6.92 Å². The molecular weight excluding hydrogens is 454 g/mol. The fraction of sp³-hybridized carbons (Fsp3) is 0.714. The van der Waals surface area contributed by atoms with E-state index in [1.165, 1.54) is 17.9 Å². The van der Waals surface area contributed by atoms with Crippen molar-refractivity contribution in [1.82, 2.24) is 20.0 Å². The van der Waals surface area contributed by atoms with Crippen LogP contribution in [0.3, 0.4) is 0 Å². The summed E-state index contributed by atoms with van der Waals surface area (Å²) in [4.78, 5) is 6.31. The van der Waals surface area contributed by atoms with Gasteiger partial charge in [0.05, 0.1) is 0 Å². The zero-order valence-corrected chi connectivity index (χ0v) is 17.1. The minimum Gasteiger partial charge on any atom is -0.352 e. The molecule has 0 radical (unpaired) electrons. The van der Waals surface area contributed by atoms with Crippen LogP contribution in [0, 0.1) is 0 Å². The van der Waals surface area contributed by atoms with E-state index >= 15 is 0 Å². The van der Waals surface area contributed by atoms with Crippen LogP contribution in [0.5, 0.6) is 0 Å². The summed E-state index contributed by atoms with van der Waals surface area (Å²) in [5.74, 6) is 1.64. The molecule has 138 valence electrons. The normalized spacial score (nSPS) is 19.2. The lowest BCUT2D eigenvalue weighted by Gasteiger charge is -2.34. The number of aryl methyl sites for hydroxylation is 1. The van der Waals surface area contributed by atoms with Crippen molar-refractivity contribution in [2.75, 3.05) is 25.9 Å². The number of rotatable bonds is 3. The molecule has 0 saturated carbocycles. The molecule has 0 bridgehead atoms. The highest BCUT2D eigenvalue weighted by Gasteiger charge is 2.37. The van der Waals surface area contributed by atoms with E-state index in [1.807, 2.05) is 11.8 Å². The molecule has 0 aromatic carbocycles. The van der Waals surface area contributed by atoms with Crippen molar-refractivity contribution in [1.29, 1.82) is 0 Å². The molecule has 1 unspecified atom stereocenters.